The third-order valence-electron chi connectivity index (χ3n) is 4.58. The Morgan fingerprint density at radius 2 is 1.93 bits per heavy atom. The number of nitrogens with one attached hydrogen (secondary N) is 1. The van der Waals surface area contributed by atoms with Crippen molar-refractivity contribution < 1.29 is 14.6 Å². The van der Waals surface area contributed by atoms with Gasteiger partial charge in [0, 0.05) is 10.6 Å². The number of benzene rings is 2. The van der Waals surface area contributed by atoms with Crippen LogP contribution in [0.1, 0.15) is 24.6 Å². The van der Waals surface area contributed by atoms with Gasteiger partial charge >= 0.3 is 6.09 Å². The van der Waals surface area contributed by atoms with Gasteiger partial charge in [0.2, 0.25) is 0 Å². The van der Waals surface area contributed by atoms with E-state index in [2.05, 4.69) is 5.32 Å². The lowest BCUT2D eigenvalue weighted by Gasteiger charge is -2.12. The molecule has 1 amide bonds. The van der Waals surface area contributed by atoms with Crippen LogP contribution in [0.2, 0.25) is 10.0 Å². The molecule has 28 heavy (non-hydrogen) atoms. The van der Waals surface area contributed by atoms with E-state index in [1.807, 2.05) is 30.3 Å². The standard InChI is InChI=1S/C20H17Cl2N3O3/c21-13-9-7-12(8-10-13)18-19-17(15(23-20(26)27)5-3-11-28-19)24-25(18)16-6-2-1-4-14(16)22/h1-2,4,6-10,15,23H,3,5,11H2,(H,26,27). The minimum absolute atomic E-state index is 0.468. The number of ether oxygens (including phenoxy) is 1. The molecule has 3 aromatic rings. The number of carboxylic acid groups (broad SMARTS) is 1. The van der Waals surface area contributed by atoms with Gasteiger partial charge in [-0.1, -0.05) is 47.5 Å². The van der Waals surface area contributed by atoms with Crippen LogP contribution in [0.5, 0.6) is 5.75 Å². The zero-order valence-electron chi connectivity index (χ0n) is 14.7. The molecule has 1 aliphatic heterocycles. The fraction of sp³-hybridized carbons (Fsp3) is 0.200. The molecule has 2 aromatic carbocycles. The van der Waals surface area contributed by atoms with Gasteiger partial charge in [-0.2, -0.15) is 5.10 Å². The van der Waals surface area contributed by atoms with Crippen molar-refractivity contribution in [2.24, 2.45) is 0 Å². The third kappa shape index (κ3) is 3.53. The number of hydrogen-bond acceptors (Lipinski definition) is 3. The molecule has 2 heterocycles. The highest BCUT2D eigenvalue weighted by Crippen LogP contribution is 2.42. The van der Waals surface area contributed by atoms with Gasteiger partial charge in [0.1, 0.15) is 11.4 Å². The highest BCUT2D eigenvalue weighted by Gasteiger charge is 2.30. The summed E-state index contributed by atoms with van der Waals surface area (Å²) in [7, 11) is 0. The van der Waals surface area contributed by atoms with Gasteiger partial charge < -0.3 is 15.2 Å². The summed E-state index contributed by atoms with van der Waals surface area (Å²) in [5.41, 5.74) is 2.78. The van der Waals surface area contributed by atoms with Crippen LogP contribution in [0.4, 0.5) is 4.79 Å². The van der Waals surface area contributed by atoms with Crippen molar-refractivity contribution in [3.05, 3.63) is 64.3 Å². The van der Waals surface area contributed by atoms with E-state index in [9.17, 15) is 9.90 Å². The summed E-state index contributed by atoms with van der Waals surface area (Å²) in [6.07, 6.45) is 0.213. The molecule has 1 aliphatic rings. The normalized spacial score (nSPS) is 16.0. The molecule has 1 atom stereocenters. The van der Waals surface area contributed by atoms with E-state index < -0.39 is 12.1 Å². The Balaban J connectivity index is 1.96. The van der Waals surface area contributed by atoms with Crippen LogP contribution in [0.3, 0.4) is 0 Å². The number of aromatic nitrogens is 2. The quantitative estimate of drug-likeness (QED) is 0.603. The van der Waals surface area contributed by atoms with E-state index in [0.29, 0.717) is 52.3 Å². The number of amides is 1. The van der Waals surface area contributed by atoms with Crippen molar-refractivity contribution in [3.8, 4) is 22.7 Å². The Labute approximate surface area is 171 Å². The van der Waals surface area contributed by atoms with Gasteiger partial charge in [0.25, 0.3) is 0 Å². The highest BCUT2D eigenvalue weighted by atomic mass is 35.5. The van der Waals surface area contributed by atoms with Crippen LogP contribution in [0.15, 0.2) is 48.5 Å². The largest absolute Gasteiger partial charge is 0.489 e. The lowest BCUT2D eigenvalue weighted by Crippen LogP contribution is -2.26. The first-order chi connectivity index (χ1) is 13.5. The average Bonchev–Trinajstić information content (AvgIpc) is 2.93. The number of carbonyl (C=O) groups is 1. The minimum atomic E-state index is -1.10. The molecule has 0 saturated heterocycles. The van der Waals surface area contributed by atoms with Crippen molar-refractivity contribution >= 4 is 29.3 Å². The molecule has 0 bridgehead atoms. The van der Waals surface area contributed by atoms with Crippen molar-refractivity contribution in [2.45, 2.75) is 18.9 Å². The van der Waals surface area contributed by atoms with Gasteiger partial charge in [0.05, 0.1) is 23.4 Å². The van der Waals surface area contributed by atoms with E-state index in [-0.39, 0.29) is 0 Å². The van der Waals surface area contributed by atoms with Crippen molar-refractivity contribution in [1.82, 2.24) is 15.1 Å². The molecule has 0 saturated carbocycles. The molecule has 0 fully saturated rings. The summed E-state index contributed by atoms with van der Waals surface area (Å²) in [4.78, 5) is 11.3. The van der Waals surface area contributed by atoms with Crippen LogP contribution in [-0.2, 0) is 0 Å². The van der Waals surface area contributed by atoms with Crippen LogP contribution in [0, 0.1) is 0 Å². The maximum Gasteiger partial charge on any atom is 0.405 e. The topological polar surface area (TPSA) is 76.4 Å². The van der Waals surface area contributed by atoms with Gasteiger partial charge in [0.15, 0.2) is 5.75 Å². The molecule has 8 heteroatoms. The molecule has 2 N–H and O–H groups in total. The minimum Gasteiger partial charge on any atom is -0.489 e. The Morgan fingerprint density at radius 3 is 2.64 bits per heavy atom. The van der Waals surface area contributed by atoms with Crippen LogP contribution in [0.25, 0.3) is 16.9 Å². The molecule has 0 radical (unpaired) electrons. The summed E-state index contributed by atoms with van der Waals surface area (Å²) >= 11 is 12.5. The molecule has 4 rings (SSSR count). The van der Waals surface area contributed by atoms with Gasteiger partial charge in [-0.25, -0.2) is 9.48 Å². The lowest BCUT2D eigenvalue weighted by atomic mass is 10.1. The van der Waals surface area contributed by atoms with E-state index >= 15 is 0 Å². The Bertz CT molecular complexity index is 1020. The smallest absolute Gasteiger partial charge is 0.405 e. The van der Waals surface area contributed by atoms with Gasteiger partial charge in [-0.15, -0.1) is 0 Å². The molecule has 1 aromatic heterocycles. The zero-order valence-corrected chi connectivity index (χ0v) is 16.2. The number of rotatable bonds is 3. The molecule has 0 aliphatic carbocycles. The monoisotopic (exact) mass is 417 g/mol. The van der Waals surface area contributed by atoms with E-state index in [0.717, 1.165) is 5.56 Å². The molecular weight excluding hydrogens is 401 g/mol. The van der Waals surface area contributed by atoms with Crippen LogP contribution >= 0.6 is 23.2 Å². The Hall–Kier alpha value is -2.70. The second-order valence-electron chi connectivity index (χ2n) is 6.43. The Morgan fingerprint density at radius 1 is 1.18 bits per heavy atom. The molecular formula is C20H17Cl2N3O3. The number of nitrogens with zero attached hydrogens (tertiary/aromatic N) is 2. The predicted octanol–water partition coefficient (Wildman–Crippen LogP) is 5.33. The lowest BCUT2D eigenvalue weighted by molar-refractivity contribution is 0.188. The highest BCUT2D eigenvalue weighted by molar-refractivity contribution is 6.32. The SMILES string of the molecule is O=C(O)NC1CCCOc2c1nn(-c1ccccc1Cl)c2-c1ccc(Cl)cc1. The molecule has 0 spiro atoms. The number of fused-ring (bicyclic) bond motifs is 1. The second kappa shape index (κ2) is 7.73. The van der Waals surface area contributed by atoms with E-state index in [1.54, 1.807) is 22.9 Å². The van der Waals surface area contributed by atoms with E-state index in [4.69, 9.17) is 33.0 Å². The van der Waals surface area contributed by atoms with Crippen molar-refractivity contribution in [1.29, 1.82) is 0 Å². The molecule has 6 nitrogen and oxygen atoms in total. The first-order valence-corrected chi connectivity index (χ1v) is 9.56. The van der Waals surface area contributed by atoms with E-state index in [1.165, 1.54) is 0 Å². The summed E-state index contributed by atoms with van der Waals surface area (Å²) in [5.74, 6) is 0.554. The van der Waals surface area contributed by atoms with Gasteiger partial charge in [-0.3, -0.25) is 0 Å². The first kappa shape index (κ1) is 18.7. The summed E-state index contributed by atoms with van der Waals surface area (Å²) in [6, 6.07) is 14.2. The summed E-state index contributed by atoms with van der Waals surface area (Å²) < 4.78 is 7.73. The second-order valence-corrected chi connectivity index (χ2v) is 7.27. The van der Waals surface area contributed by atoms with Crippen molar-refractivity contribution in [3.63, 3.8) is 0 Å². The maximum atomic E-state index is 11.3. The summed E-state index contributed by atoms with van der Waals surface area (Å²) in [5, 5.41) is 17.7. The molecule has 144 valence electrons. The zero-order chi connectivity index (χ0) is 19.7. The fourth-order valence-corrected chi connectivity index (χ4v) is 3.68. The number of halogens is 2. The average molecular weight is 418 g/mol. The number of hydrogen-bond donors (Lipinski definition) is 2. The summed E-state index contributed by atoms with van der Waals surface area (Å²) in [6.45, 7) is 0.472. The Kier molecular flexibility index (Phi) is 5.15. The first-order valence-electron chi connectivity index (χ1n) is 8.80. The molecule has 1 unspecified atom stereocenters. The van der Waals surface area contributed by atoms with Crippen LogP contribution in [-0.4, -0.2) is 27.6 Å². The van der Waals surface area contributed by atoms with Crippen molar-refractivity contribution in [2.75, 3.05) is 6.61 Å². The number of para-hydroxylation sites is 1. The van der Waals surface area contributed by atoms with Crippen LogP contribution < -0.4 is 10.1 Å². The fourth-order valence-electron chi connectivity index (χ4n) is 3.34. The predicted molar refractivity (Wildman–Crippen MR) is 108 cm³/mol. The maximum absolute atomic E-state index is 11.3. The van der Waals surface area contributed by atoms with Gasteiger partial charge in [-0.05, 0) is 37.1 Å². The third-order valence-corrected chi connectivity index (χ3v) is 5.15.